The summed E-state index contributed by atoms with van der Waals surface area (Å²) in [6.07, 6.45) is 1.01. The third-order valence-electron chi connectivity index (χ3n) is 5.53. The Hall–Kier alpha value is -2.18. The van der Waals surface area contributed by atoms with Crippen LogP contribution in [0, 0.1) is 12.7 Å². The van der Waals surface area contributed by atoms with Crippen molar-refractivity contribution >= 4 is 21.4 Å². The molecule has 31 heavy (non-hydrogen) atoms. The Morgan fingerprint density at radius 1 is 1.13 bits per heavy atom. The Bertz CT molecular complexity index is 1190. The van der Waals surface area contributed by atoms with E-state index >= 15 is 0 Å². The van der Waals surface area contributed by atoms with Gasteiger partial charge in [0, 0.05) is 36.4 Å². The lowest BCUT2D eigenvalue weighted by molar-refractivity contribution is -0.179. The van der Waals surface area contributed by atoms with E-state index in [2.05, 4.69) is 10.1 Å². The molecule has 0 aliphatic carbocycles. The Labute approximate surface area is 182 Å². The van der Waals surface area contributed by atoms with Crippen LogP contribution >= 0.6 is 11.3 Å². The van der Waals surface area contributed by atoms with Crippen molar-refractivity contribution in [3.8, 4) is 22.2 Å². The summed E-state index contributed by atoms with van der Waals surface area (Å²) in [6, 6.07) is 7.32. The Balaban J connectivity index is 1.37. The van der Waals surface area contributed by atoms with E-state index in [0.29, 0.717) is 60.3 Å². The van der Waals surface area contributed by atoms with Gasteiger partial charge in [-0.2, -0.15) is 9.29 Å². The maximum Gasteiger partial charge on any atom is 0.268 e. The summed E-state index contributed by atoms with van der Waals surface area (Å²) in [7, 11) is -3.68. The first-order valence-corrected chi connectivity index (χ1v) is 12.1. The monoisotopic (exact) mass is 465 g/mol. The number of benzene rings is 1. The van der Waals surface area contributed by atoms with Crippen molar-refractivity contribution in [2.75, 3.05) is 26.3 Å². The molecule has 4 heterocycles. The lowest BCUT2D eigenvalue weighted by atomic mass is 10.1. The predicted molar refractivity (Wildman–Crippen MR) is 110 cm³/mol. The van der Waals surface area contributed by atoms with E-state index in [0.717, 1.165) is 0 Å². The minimum absolute atomic E-state index is 0.222. The predicted octanol–water partition coefficient (Wildman–Crippen LogP) is 3.44. The molecule has 0 unspecified atom stereocenters. The van der Waals surface area contributed by atoms with E-state index in [-0.39, 0.29) is 16.6 Å². The van der Waals surface area contributed by atoms with Crippen molar-refractivity contribution in [3.63, 3.8) is 0 Å². The number of hydrogen-bond acceptors (Lipinski definition) is 8. The number of sulfonamides is 1. The molecule has 0 saturated carbocycles. The number of piperidine rings is 1. The minimum Gasteiger partial charge on any atom is -0.347 e. The molecule has 3 aromatic rings. The minimum atomic E-state index is -3.68. The fourth-order valence-electron chi connectivity index (χ4n) is 3.86. The number of aromatic nitrogens is 2. The van der Waals surface area contributed by atoms with Gasteiger partial charge in [-0.1, -0.05) is 5.16 Å². The van der Waals surface area contributed by atoms with Gasteiger partial charge < -0.3 is 14.0 Å². The molecule has 2 fully saturated rings. The highest BCUT2D eigenvalue weighted by molar-refractivity contribution is 7.89. The number of nitrogens with zero attached hydrogens (tertiary/aromatic N) is 3. The molecule has 11 heteroatoms. The highest BCUT2D eigenvalue weighted by Crippen LogP contribution is 2.38. The second-order valence-electron chi connectivity index (χ2n) is 7.47. The number of thiophene rings is 1. The van der Waals surface area contributed by atoms with E-state index in [1.54, 1.807) is 25.1 Å². The first kappa shape index (κ1) is 20.7. The van der Waals surface area contributed by atoms with Crippen molar-refractivity contribution in [1.82, 2.24) is 14.4 Å². The Morgan fingerprint density at radius 2 is 1.81 bits per heavy atom. The molecule has 2 aliphatic rings. The molecule has 0 radical (unpaired) electrons. The SMILES string of the molecule is Cc1sc(-c2nc(-c3ccc(F)cc3)no2)cc1S(=O)(=O)N1CCC2(CC1)OCCO2. The van der Waals surface area contributed by atoms with E-state index in [1.807, 2.05) is 0 Å². The molecule has 1 aromatic carbocycles. The molecule has 2 saturated heterocycles. The van der Waals surface area contributed by atoms with Crippen molar-refractivity contribution in [2.45, 2.75) is 30.4 Å². The smallest absolute Gasteiger partial charge is 0.268 e. The van der Waals surface area contributed by atoms with E-state index in [4.69, 9.17) is 14.0 Å². The maximum atomic E-state index is 13.3. The molecular weight excluding hydrogens is 445 g/mol. The molecule has 5 rings (SSSR count). The zero-order chi connectivity index (χ0) is 21.6. The average molecular weight is 466 g/mol. The maximum absolute atomic E-state index is 13.3. The van der Waals surface area contributed by atoms with Gasteiger partial charge >= 0.3 is 0 Å². The molecule has 0 atom stereocenters. The molecular formula is C20H20FN3O5S2. The van der Waals surface area contributed by atoms with Gasteiger partial charge in [0.2, 0.25) is 15.8 Å². The molecule has 1 spiro atoms. The van der Waals surface area contributed by atoms with Crippen LogP contribution in [0.3, 0.4) is 0 Å². The van der Waals surface area contributed by atoms with E-state index in [9.17, 15) is 12.8 Å². The van der Waals surface area contributed by atoms with Crippen LogP contribution in [-0.4, -0.2) is 55.0 Å². The van der Waals surface area contributed by atoms with Gasteiger partial charge in [0.05, 0.1) is 23.0 Å². The number of halogens is 1. The zero-order valence-electron chi connectivity index (χ0n) is 16.7. The third kappa shape index (κ3) is 3.80. The van der Waals surface area contributed by atoms with E-state index in [1.165, 1.54) is 27.8 Å². The van der Waals surface area contributed by atoms with E-state index < -0.39 is 15.8 Å². The number of aryl methyl sites for hydroxylation is 1. The quantitative estimate of drug-likeness (QED) is 0.582. The highest BCUT2D eigenvalue weighted by Gasteiger charge is 2.43. The van der Waals surface area contributed by atoms with Gasteiger partial charge in [-0.05, 0) is 37.3 Å². The van der Waals surface area contributed by atoms with Crippen LogP contribution in [0.5, 0.6) is 0 Å². The topological polar surface area (TPSA) is 94.8 Å². The second-order valence-corrected chi connectivity index (χ2v) is 10.6. The Morgan fingerprint density at radius 3 is 2.48 bits per heavy atom. The largest absolute Gasteiger partial charge is 0.347 e. The molecule has 8 nitrogen and oxygen atoms in total. The molecule has 0 N–H and O–H groups in total. The molecule has 2 aliphatic heterocycles. The van der Waals surface area contributed by atoms with Gasteiger partial charge in [0.25, 0.3) is 5.89 Å². The van der Waals surface area contributed by atoms with Crippen LogP contribution < -0.4 is 0 Å². The average Bonchev–Trinajstić information content (AvgIpc) is 3.49. The second kappa shape index (κ2) is 7.75. The van der Waals surface area contributed by atoms with Crippen molar-refractivity contribution in [2.24, 2.45) is 0 Å². The summed E-state index contributed by atoms with van der Waals surface area (Å²) in [5.74, 6) is -0.463. The fraction of sp³-hybridized carbons (Fsp3) is 0.400. The number of rotatable bonds is 4. The van der Waals surface area contributed by atoms with Crippen LogP contribution in [0.25, 0.3) is 22.2 Å². The number of ether oxygens (including phenoxy) is 2. The van der Waals surface area contributed by atoms with Gasteiger partial charge in [-0.15, -0.1) is 11.3 Å². The van der Waals surface area contributed by atoms with Gasteiger partial charge in [0.15, 0.2) is 5.79 Å². The summed E-state index contributed by atoms with van der Waals surface area (Å²) < 4.78 is 57.9. The normalized spacial score (nSPS) is 19.3. The van der Waals surface area contributed by atoms with Gasteiger partial charge in [-0.25, -0.2) is 12.8 Å². The van der Waals surface area contributed by atoms with Crippen LogP contribution in [0.4, 0.5) is 4.39 Å². The molecule has 2 aromatic heterocycles. The molecule has 164 valence electrons. The summed E-state index contributed by atoms with van der Waals surface area (Å²) >= 11 is 1.28. The summed E-state index contributed by atoms with van der Waals surface area (Å²) in [5, 5.41) is 3.93. The van der Waals surface area contributed by atoms with Crippen molar-refractivity contribution in [1.29, 1.82) is 0 Å². The van der Waals surface area contributed by atoms with Gasteiger partial charge in [0.1, 0.15) is 5.82 Å². The Kier molecular flexibility index (Phi) is 5.18. The van der Waals surface area contributed by atoms with Gasteiger partial charge in [-0.3, -0.25) is 0 Å². The standard InChI is InChI=1S/C20H20FN3O5S2/c1-13-17(31(25,26)24-8-6-20(7-9-24)27-10-11-28-20)12-16(30-13)19-22-18(23-29-19)14-2-4-15(21)5-3-14/h2-5,12H,6-11H2,1H3. The van der Waals surface area contributed by atoms with Crippen LogP contribution in [0.1, 0.15) is 17.7 Å². The third-order valence-corrected chi connectivity index (χ3v) is 8.72. The van der Waals surface area contributed by atoms with Crippen LogP contribution in [-0.2, 0) is 19.5 Å². The summed E-state index contributed by atoms with van der Waals surface area (Å²) in [5.41, 5.74) is 0.608. The molecule has 0 amide bonds. The lowest BCUT2D eigenvalue weighted by Crippen LogP contribution is -2.47. The van der Waals surface area contributed by atoms with Crippen LogP contribution in [0.15, 0.2) is 39.8 Å². The van der Waals surface area contributed by atoms with Crippen molar-refractivity contribution < 1.29 is 26.8 Å². The fourth-order valence-corrected chi connectivity index (χ4v) is 6.78. The zero-order valence-corrected chi connectivity index (χ0v) is 18.3. The number of hydrogen-bond donors (Lipinski definition) is 0. The molecule has 0 bridgehead atoms. The summed E-state index contributed by atoms with van der Waals surface area (Å²) in [6.45, 7) is 3.52. The lowest BCUT2D eigenvalue weighted by Gasteiger charge is -2.36. The first-order valence-electron chi connectivity index (χ1n) is 9.85. The van der Waals surface area contributed by atoms with Crippen molar-refractivity contribution in [3.05, 3.63) is 41.0 Å². The van der Waals surface area contributed by atoms with Crippen LogP contribution in [0.2, 0.25) is 0 Å². The summed E-state index contributed by atoms with van der Waals surface area (Å²) in [4.78, 5) is 5.79. The highest BCUT2D eigenvalue weighted by atomic mass is 32.2. The first-order chi connectivity index (χ1) is 14.9.